The van der Waals surface area contributed by atoms with Crippen LogP contribution in [-0.2, 0) is 16.4 Å². The predicted molar refractivity (Wildman–Crippen MR) is 117 cm³/mol. The number of rotatable bonds is 4. The number of sulfone groups is 1. The van der Waals surface area contributed by atoms with E-state index in [9.17, 15) is 13.2 Å². The molecule has 1 amide bonds. The zero-order valence-corrected chi connectivity index (χ0v) is 17.3. The van der Waals surface area contributed by atoms with Crippen LogP contribution in [0.25, 0.3) is 21.0 Å². The quantitative estimate of drug-likeness (QED) is 0.463. The number of thiazole rings is 1. The maximum absolute atomic E-state index is 12.8. The zero-order chi connectivity index (χ0) is 20.6. The summed E-state index contributed by atoms with van der Waals surface area (Å²) in [6, 6.07) is 18.2. The molecule has 0 aliphatic heterocycles. The summed E-state index contributed by atoms with van der Waals surface area (Å²) in [6.45, 7) is 4.23. The summed E-state index contributed by atoms with van der Waals surface area (Å²) in [6.07, 6.45) is 2.89. The van der Waals surface area contributed by atoms with Gasteiger partial charge < -0.3 is 4.57 Å². The molecule has 0 atom stereocenters. The van der Waals surface area contributed by atoms with E-state index >= 15 is 0 Å². The van der Waals surface area contributed by atoms with Gasteiger partial charge in [-0.3, -0.25) is 4.79 Å². The highest BCUT2D eigenvalue weighted by atomic mass is 32.2. The third kappa shape index (κ3) is 3.79. The van der Waals surface area contributed by atoms with Crippen LogP contribution in [0.1, 0.15) is 10.4 Å². The van der Waals surface area contributed by atoms with Crippen molar-refractivity contribution < 1.29 is 13.2 Å². The van der Waals surface area contributed by atoms with Gasteiger partial charge in [0.1, 0.15) is 0 Å². The summed E-state index contributed by atoms with van der Waals surface area (Å²) in [4.78, 5) is 17.9. The van der Waals surface area contributed by atoms with Gasteiger partial charge in [-0.1, -0.05) is 47.7 Å². The Morgan fingerprint density at radius 2 is 1.86 bits per heavy atom. The van der Waals surface area contributed by atoms with Crippen LogP contribution in [0.3, 0.4) is 0 Å². The average Bonchev–Trinajstić information content (AvgIpc) is 3.03. The highest BCUT2D eigenvalue weighted by molar-refractivity contribution is 7.90. The van der Waals surface area contributed by atoms with Crippen LogP contribution >= 0.6 is 11.3 Å². The molecule has 1 heterocycles. The van der Waals surface area contributed by atoms with Crippen molar-refractivity contribution in [2.45, 2.75) is 11.4 Å². The van der Waals surface area contributed by atoms with Crippen molar-refractivity contribution in [3.63, 3.8) is 0 Å². The first kappa shape index (κ1) is 19.3. The Kier molecular flexibility index (Phi) is 4.94. The number of nitrogens with zero attached hydrogens (tertiary/aromatic N) is 2. The van der Waals surface area contributed by atoms with E-state index < -0.39 is 9.84 Å². The van der Waals surface area contributed by atoms with Gasteiger partial charge in [0.05, 0.1) is 15.1 Å². The Hall–Kier alpha value is -3.03. The summed E-state index contributed by atoms with van der Waals surface area (Å²) >= 11 is 1.28. The van der Waals surface area contributed by atoms with Crippen molar-refractivity contribution in [3.8, 4) is 0 Å². The fourth-order valence-corrected chi connectivity index (χ4v) is 4.95. The van der Waals surface area contributed by atoms with Gasteiger partial charge in [-0.25, -0.2) is 8.42 Å². The fourth-order valence-electron chi connectivity index (χ4n) is 3.15. The van der Waals surface area contributed by atoms with Gasteiger partial charge in [-0.05, 0) is 41.1 Å². The number of carbonyl (C=O) groups is 1. The second-order valence-corrected chi connectivity index (χ2v) is 9.69. The normalized spacial score (nSPS) is 12.5. The first-order chi connectivity index (χ1) is 13.9. The van der Waals surface area contributed by atoms with E-state index in [1.807, 2.05) is 41.0 Å². The lowest BCUT2D eigenvalue weighted by Gasteiger charge is -2.03. The van der Waals surface area contributed by atoms with Crippen LogP contribution < -0.4 is 4.80 Å². The maximum atomic E-state index is 12.8. The molecule has 0 aliphatic rings. The lowest BCUT2D eigenvalue weighted by atomic mass is 10.1. The molecule has 0 fully saturated rings. The summed E-state index contributed by atoms with van der Waals surface area (Å²) in [7, 11) is -3.32. The molecule has 0 radical (unpaired) electrons. The standard InChI is InChI=1S/C22H18N2O3S2/c1-3-12-24-19-11-10-18(29(2,26)27)14-20(19)28-22(24)23-21(25)17-9-8-15-6-4-5-7-16(15)13-17/h3-11,13-14H,1,12H2,2H3. The lowest BCUT2D eigenvalue weighted by Crippen LogP contribution is -2.16. The van der Waals surface area contributed by atoms with E-state index in [2.05, 4.69) is 11.6 Å². The number of fused-ring (bicyclic) bond motifs is 2. The molecule has 4 rings (SSSR count). The molecule has 0 N–H and O–H groups in total. The number of amides is 1. The van der Waals surface area contributed by atoms with Crippen molar-refractivity contribution in [1.29, 1.82) is 0 Å². The van der Waals surface area contributed by atoms with Gasteiger partial charge in [0.2, 0.25) is 0 Å². The molecular formula is C22H18N2O3S2. The molecule has 0 saturated heterocycles. The average molecular weight is 423 g/mol. The second kappa shape index (κ2) is 7.42. The molecule has 1 aromatic heterocycles. The Morgan fingerprint density at radius 3 is 2.59 bits per heavy atom. The largest absolute Gasteiger partial charge is 0.312 e. The molecule has 0 unspecified atom stereocenters. The Morgan fingerprint density at radius 1 is 1.10 bits per heavy atom. The van der Waals surface area contributed by atoms with E-state index in [-0.39, 0.29) is 10.8 Å². The molecule has 0 aliphatic carbocycles. The molecule has 29 heavy (non-hydrogen) atoms. The van der Waals surface area contributed by atoms with Gasteiger partial charge in [-0.15, -0.1) is 6.58 Å². The summed E-state index contributed by atoms with van der Waals surface area (Å²) in [5, 5.41) is 2.03. The third-order valence-corrected chi connectivity index (χ3v) is 6.74. The van der Waals surface area contributed by atoms with Crippen LogP contribution in [0.5, 0.6) is 0 Å². The Labute approximate surface area is 172 Å². The van der Waals surface area contributed by atoms with Crippen molar-refractivity contribution in [2.75, 3.05) is 6.26 Å². The molecule has 3 aromatic carbocycles. The van der Waals surface area contributed by atoms with E-state index in [1.165, 1.54) is 17.6 Å². The van der Waals surface area contributed by atoms with Crippen molar-refractivity contribution >= 4 is 48.1 Å². The molecule has 0 saturated carbocycles. The number of carbonyl (C=O) groups excluding carboxylic acids is 1. The molecule has 0 bridgehead atoms. The number of hydrogen-bond donors (Lipinski definition) is 0. The van der Waals surface area contributed by atoms with Gasteiger partial charge in [-0.2, -0.15) is 4.99 Å². The summed E-state index contributed by atoms with van der Waals surface area (Å²) < 4.78 is 26.3. The highest BCUT2D eigenvalue weighted by Gasteiger charge is 2.13. The number of benzene rings is 3. The van der Waals surface area contributed by atoms with Gasteiger partial charge in [0.15, 0.2) is 14.6 Å². The topological polar surface area (TPSA) is 68.5 Å². The minimum absolute atomic E-state index is 0.240. The van der Waals surface area contributed by atoms with E-state index in [0.29, 0.717) is 16.9 Å². The predicted octanol–water partition coefficient (Wildman–Crippen LogP) is 4.19. The maximum Gasteiger partial charge on any atom is 0.279 e. The summed E-state index contributed by atoms with van der Waals surface area (Å²) in [5.74, 6) is -0.344. The van der Waals surface area contributed by atoms with Crippen LogP contribution in [0.15, 0.2) is 83.2 Å². The molecule has 5 nitrogen and oxygen atoms in total. The minimum atomic E-state index is -3.32. The van der Waals surface area contributed by atoms with Crippen molar-refractivity contribution in [3.05, 3.63) is 83.7 Å². The fraction of sp³-hybridized carbons (Fsp3) is 0.0909. The second-order valence-electron chi connectivity index (χ2n) is 6.66. The van der Waals surface area contributed by atoms with E-state index in [1.54, 1.807) is 30.3 Å². The molecule has 146 valence electrons. The summed E-state index contributed by atoms with van der Waals surface area (Å²) in [5.41, 5.74) is 1.32. The van der Waals surface area contributed by atoms with E-state index in [0.717, 1.165) is 21.0 Å². The first-order valence-electron chi connectivity index (χ1n) is 8.89. The minimum Gasteiger partial charge on any atom is -0.312 e. The number of aromatic nitrogens is 1. The molecule has 0 spiro atoms. The monoisotopic (exact) mass is 422 g/mol. The first-order valence-corrected chi connectivity index (χ1v) is 11.6. The molecule has 7 heteroatoms. The smallest absolute Gasteiger partial charge is 0.279 e. The van der Waals surface area contributed by atoms with Gasteiger partial charge >= 0.3 is 0 Å². The number of hydrogen-bond acceptors (Lipinski definition) is 4. The van der Waals surface area contributed by atoms with Gasteiger partial charge in [0.25, 0.3) is 5.91 Å². The van der Waals surface area contributed by atoms with E-state index in [4.69, 9.17) is 0 Å². The van der Waals surface area contributed by atoms with Crippen molar-refractivity contribution in [1.82, 2.24) is 4.57 Å². The van der Waals surface area contributed by atoms with Gasteiger partial charge in [0, 0.05) is 18.4 Å². The number of allylic oxidation sites excluding steroid dienone is 1. The Balaban J connectivity index is 1.85. The third-order valence-electron chi connectivity index (χ3n) is 4.59. The highest BCUT2D eigenvalue weighted by Crippen LogP contribution is 2.22. The SMILES string of the molecule is C=CCn1c(=NC(=O)c2ccc3ccccc3c2)sc2cc(S(C)(=O)=O)ccc21. The van der Waals surface area contributed by atoms with Crippen LogP contribution in [0.4, 0.5) is 0 Å². The van der Waals surface area contributed by atoms with Crippen LogP contribution in [-0.4, -0.2) is 25.1 Å². The lowest BCUT2D eigenvalue weighted by molar-refractivity contribution is 0.0998. The molecule has 4 aromatic rings. The van der Waals surface area contributed by atoms with Crippen LogP contribution in [0.2, 0.25) is 0 Å². The molecular weight excluding hydrogens is 404 g/mol. The van der Waals surface area contributed by atoms with Crippen molar-refractivity contribution in [2.24, 2.45) is 4.99 Å². The Bertz CT molecular complexity index is 1440. The van der Waals surface area contributed by atoms with Crippen LogP contribution in [0, 0.1) is 0 Å². The zero-order valence-electron chi connectivity index (χ0n) is 15.7.